The topological polar surface area (TPSA) is 122 Å². The maximum atomic E-state index is 12.5. The Labute approximate surface area is 212 Å². The fraction of sp³-hybridized carbons (Fsp3) is 0.519. The molecular formula is C27H38N8O. The molecule has 0 amide bonds. The van der Waals surface area contributed by atoms with E-state index in [1.54, 1.807) is 0 Å². The molecule has 9 nitrogen and oxygen atoms in total. The highest BCUT2D eigenvalue weighted by atomic mass is 16.1. The fourth-order valence-electron chi connectivity index (χ4n) is 5.70. The monoisotopic (exact) mass is 490 g/mol. The van der Waals surface area contributed by atoms with Crippen molar-refractivity contribution in [2.75, 3.05) is 44.2 Å². The zero-order valence-corrected chi connectivity index (χ0v) is 21.5. The maximum absolute atomic E-state index is 12.5. The van der Waals surface area contributed by atoms with E-state index in [4.69, 9.17) is 21.6 Å². The molecule has 3 aromatic rings. The molecule has 1 aliphatic carbocycles. The molecule has 5 rings (SSSR count). The summed E-state index contributed by atoms with van der Waals surface area (Å²) in [7, 11) is 0. The normalized spacial score (nSPS) is 18.0. The smallest absolute Gasteiger partial charge is 0.253 e. The summed E-state index contributed by atoms with van der Waals surface area (Å²) >= 11 is 0. The first-order valence-electron chi connectivity index (χ1n) is 13.1. The molecule has 2 fully saturated rings. The minimum absolute atomic E-state index is 0.104. The van der Waals surface area contributed by atoms with Crippen LogP contribution in [0, 0.1) is 13.8 Å². The molecule has 1 saturated carbocycles. The number of nitrogens with zero attached hydrogens (tertiary/aromatic N) is 5. The Balaban J connectivity index is 1.52. The molecule has 0 unspecified atom stereocenters. The molecular weight excluding hydrogens is 452 g/mol. The summed E-state index contributed by atoms with van der Waals surface area (Å²) in [4.78, 5) is 24.9. The zero-order chi connectivity index (χ0) is 25.2. The predicted octanol–water partition coefficient (Wildman–Crippen LogP) is 2.44. The Kier molecular flexibility index (Phi) is 7.11. The summed E-state index contributed by atoms with van der Waals surface area (Å²) in [5.41, 5.74) is 17.8. The lowest BCUT2D eigenvalue weighted by atomic mass is 10.1. The summed E-state index contributed by atoms with van der Waals surface area (Å²) in [6.07, 6.45) is 6.74. The van der Waals surface area contributed by atoms with Gasteiger partial charge in [-0.2, -0.15) is 5.10 Å². The number of benzene rings is 1. The van der Waals surface area contributed by atoms with Gasteiger partial charge in [-0.1, -0.05) is 12.8 Å². The van der Waals surface area contributed by atoms with Gasteiger partial charge in [-0.25, -0.2) is 0 Å². The summed E-state index contributed by atoms with van der Waals surface area (Å²) < 4.78 is 2.20. The van der Waals surface area contributed by atoms with Crippen molar-refractivity contribution in [2.24, 2.45) is 16.5 Å². The van der Waals surface area contributed by atoms with Gasteiger partial charge in [0.2, 0.25) is 0 Å². The highest BCUT2D eigenvalue weighted by molar-refractivity contribution is 6.09. The lowest BCUT2D eigenvalue weighted by Gasteiger charge is -2.36. The van der Waals surface area contributed by atoms with Gasteiger partial charge in [-0.05, 0) is 50.5 Å². The van der Waals surface area contributed by atoms with Crippen molar-refractivity contribution in [1.82, 2.24) is 19.7 Å². The van der Waals surface area contributed by atoms with Crippen LogP contribution in [0.25, 0.3) is 10.9 Å². The molecule has 5 N–H and O–H groups in total. The molecule has 0 spiro atoms. The first kappa shape index (κ1) is 24.5. The van der Waals surface area contributed by atoms with Crippen LogP contribution in [-0.4, -0.2) is 64.8 Å². The van der Waals surface area contributed by atoms with Crippen LogP contribution in [-0.2, 0) is 6.54 Å². The third-order valence-electron chi connectivity index (χ3n) is 7.73. The first-order valence-corrected chi connectivity index (χ1v) is 13.1. The Morgan fingerprint density at radius 1 is 1.14 bits per heavy atom. The highest BCUT2D eigenvalue weighted by Crippen LogP contribution is 2.34. The molecule has 2 aromatic heterocycles. The minimum atomic E-state index is -0.104. The van der Waals surface area contributed by atoms with Crippen LogP contribution in [0.5, 0.6) is 0 Å². The number of aryl methyl sites for hydroxylation is 2. The van der Waals surface area contributed by atoms with Crippen LogP contribution in [0.3, 0.4) is 0 Å². The molecule has 192 valence electrons. The Morgan fingerprint density at radius 3 is 2.58 bits per heavy atom. The Morgan fingerprint density at radius 2 is 1.89 bits per heavy atom. The van der Waals surface area contributed by atoms with Gasteiger partial charge in [-0.15, -0.1) is 0 Å². The van der Waals surface area contributed by atoms with E-state index in [-0.39, 0.29) is 12.1 Å². The SMILES string of the molecule is Cc1cc(C)c(CN=C(N)c2cc(N3CCN(CCN)CC3)cc3c2cnn3C2CCCC2)c(=O)[nH]1. The zero-order valence-electron chi connectivity index (χ0n) is 21.5. The Hall–Kier alpha value is -3.17. The second kappa shape index (κ2) is 10.4. The van der Waals surface area contributed by atoms with Gasteiger partial charge in [0, 0.05) is 67.2 Å². The number of piperazine rings is 1. The van der Waals surface area contributed by atoms with Crippen LogP contribution in [0.2, 0.25) is 0 Å². The number of hydrogen-bond donors (Lipinski definition) is 3. The average Bonchev–Trinajstić information content (AvgIpc) is 3.53. The quantitative estimate of drug-likeness (QED) is 0.345. The summed E-state index contributed by atoms with van der Waals surface area (Å²) in [6.45, 7) is 9.56. The van der Waals surface area contributed by atoms with E-state index < -0.39 is 0 Å². The minimum Gasteiger partial charge on any atom is -0.383 e. The van der Waals surface area contributed by atoms with E-state index in [1.807, 2.05) is 26.1 Å². The molecule has 36 heavy (non-hydrogen) atoms. The molecule has 1 saturated heterocycles. The highest BCUT2D eigenvalue weighted by Gasteiger charge is 2.23. The summed E-state index contributed by atoms with van der Waals surface area (Å²) in [6, 6.07) is 6.81. The lowest BCUT2D eigenvalue weighted by molar-refractivity contribution is 0.265. The number of H-pyrrole nitrogens is 1. The van der Waals surface area contributed by atoms with Crippen molar-refractivity contribution in [1.29, 1.82) is 0 Å². The van der Waals surface area contributed by atoms with Gasteiger partial charge in [0.1, 0.15) is 5.84 Å². The van der Waals surface area contributed by atoms with Gasteiger partial charge < -0.3 is 21.4 Å². The van der Waals surface area contributed by atoms with E-state index >= 15 is 0 Å². The number of nitrogens with two attached hydrogens (primary N) is 2. The van der Waals surface area contributed by atoms with Crippen molar-refractivity contribution in [2.45, 2.75) is 52.1 Å². The molecule has 0 atom stereocenters. The number of aromatic nitrogens is 3. The number of hydrogen-bond acceptors (Lipinski definition) is 6. The molecule has 9 heteroatoms. The second-order valence-electron chi connectivity index (χ2n) is 10.2. The van der Waals surface area contributed by atoms with Crippen molar-refractivity contribution >= 4 is 22.4 Å². The first-order chi connectivity index (χ1) is 17.4. The van der Waals surface area contributed by atoms with E-state index in [0.29, 0.717) is 24.0 Å². The number of pyridine rings is 1. The Bertz CT molecular complexity index is 1310. The van der Waals surface area contributed by atoms with E-state index in [2.05, 4.69) is 31.6 Å². The summed E-state index contributed by atoms with van der Waals surface area (Å²) in [5, 5.41) is 5.83. The van der Waals surface area contributed by atoms with Gasteiger partial charge in [0.15, 0.2) is 0 Å². The van der Waals surface area contributed by atoms with E-state index in [9.17, 15) is 4.79 Å². The van der Waals surface area contributed by atoms with Gasteiger partial charge in [0.05, 0.1) is 24.3 Å². The maximum Gasteiger partial charge on any atom is 0.253 e. The lowest BCUT2D eigenvalue weighted by Crippen LogP contribution is -2.47. The van der Waals surface area contributed by atoms with Gasteiger partial charge >= 0.3 is 0 Å². The third-order valence-corrected chi connectivity index (χ3v) is 7.73. The third kappa shape index (κ3) is 4.90. The fourth-order valence-corrected chi connectivity index (χ4v) is 5.70. The molecule has 1 aliphatic heterocycles. The predicted molar refractivity (Wildman–Crippen MR) is 146 cm³/mol. The van der Waals surface area contributed by atoms with E-state index in [0.717, 1.165) is 79.0 Å². The number of anilines is 1. The second-order valence-corrected chi connectivity index (χ2v) is 10.2. The van der Waals surface area contributed by atoms with Gasteiger partial charge in [0.25, 0.3) is 5.56 Å². The largest absolute Gasteiger partial charge is 0.383 e. The number of aromatic amines is 1. The van der Waals surface area contributed by atoms with Crippen LogP contribution in [0.4, 0.5) is 5.69 Å². The molecule has 0 radical (unpaired) electrons. The van der Waals surface area contributed by atoms with Crippen molar-refractivity contribution < 1.29 is 0 Å². The van der Waals surface area contributed by atoms with Crippen LogP contribution in [0.1, 0.15) is 54.1 Å². The van der Waals surface area contributed by atoms with Crippen LogP contribution in [0.15, 0.2) is 34.2 Å². The molecule has 1 aromatic carbocycles. The van der Waals surface area contributed by atoms with Crippen molar-refractivity contribution in [3.8, 4) is 0 Å². The molecule has 2 aliphatic rings. The molecule has 3 heterocycles. The molecule has 0 bridgehead atoms. The van der Waals surface area contributed by atoms with Crippen molar-refractivity contribution in [3.63, 3.8) is 0 Å². The van der Waals surface area contributed by atoms with Crippen LogP contribution < -0.4 is 21.9 Å². The number of fused-ring (bicyclic) bond motifs is 1. The number of amidine groups is 1. The van der Waals surface area contributed by atoms with Crippen molar-refractivity contribution in [3.05, 3.63) is 57.1 Å². The average molecular weight is 491 g/mol. The van der Waals surface area contributed by atoms with Gasteiger partial charge in [-0.3, -0.25) is 19.4 Å². The van der Waals surface area contributed by atoms with Crippen LogP contribution >= 0.6 is 0 Å². The standard InChI is InChI=1S/C27H38N8O/c1-18-13-19(2)32-27(36)23(18)16-30-26(29)22-14-21(34-11-9-33(8-7-28)10-12-34)15-25-24(22)17-31-35(25)20-5-3-4-6-20/h13-15,17,20H,3-12,16,28H2,1-2H3,(H2,29,30)(H,32,36). The van der Waals surface area contributed by atoms with E-state index in [1.165, 1.54) is 12.8 Å². The number of rotatable bonds is 7. The number of aliphatic imine (C=N–C) groups is 1. The number of nitrogens with one attached hydrogen (secondary N) is 1. The summed E-state index contributed by atoms with van der Waals surface area (Å²) in [5.74, 6) is 0.439.